The van der Waals surface area contributed by atoms with Crippen LogP contribution in [-0.2, 0) is 16.9 Å². The molecular weight excluding hydrogens is 381 g/mol. The van der Waals surface area contributed by atoms with E-state index in [1.54, 1.807) is 0 Å². The first-order valence-electron chi connectivity index (χ1n) is 7.40. The van der Waals surface area contributed by atoms with E-state index in [0.717, 1.165) is 0 Å². The molecule has 0 fully saturated rings. The highest BCUT2D eigenvalue weighted by molar-refractivity contribution is 7.87. The van der Waals surface area contributed by atoms with E-state index in [9.17, 15) is 35.7 Å². The Balaban J connectivity index is 2.81. The molecule has 0 heterocycles. The van der Waals surface area contributed by atoms with E-state index < -0.39 is 47.9 Å². The number of benzene rings is 2. The molecule has 0 aliphatic carbocycles. The molecule has 140 valence electrons. The minimum Gasteiger partial charge on any atom is -0.310 e. The zero-order chi connectivity index (χ0) is 19.8. The molecule has 0 amide bonds. The van der Waals surface area contributed by atoms with E-state index in [1.807, 2.05) is 0 Å². The van der Waals surface area contributed by atoms with Gasteiger partial charge in [0.2, 0.25) is 5.52 Å². The van der Waals surface area contributed by atoms with Gasteiger partial charge >= 0.3 is 12.4 Å². The average Bonchev–Trinajstić information content (AvgIpc) is 2.59. The Morgan fingerprint density at radius 3 is 1.69 bits per heavy atom. The van der Waals surface area contributed by atoms with Gasteiger partial charge in [-0.25, -0.2) is 0 Å². The van der Waals surface area contributed by atoms with Gasteiger partial charge in [0, 0.05) is 11.5 Å². The van der Waals surface area contributed by atoms with Gasteiger partial charge in [0.25, 0.3) is 0 Å². The predicted octanol–water partition coefficient (Wildman–Crippen LogP) is 5.57. The summed E-state index contributed by atoms with van der Waals surface area (Å²) in [6.45, 7) is 1.29. The van der Waals surface area contributed by atoms with E-state index in [1.165, 1.54) is 37.3 Å². The summed E-state index contributed by atoms with van der Waals surface area (Å²) in [5.41, 5.74) is -6.74. The van der Waals surface area contributed by atoms with Crippen LogP contribution >= 0.6 is 7.14 Å². The van der Waals surface area contributed by atoms with Gasteiger partial charge in [0.05, 0.1) is 16.7 Å². The number of carbonyl (C=O) groups excluding carboxylic acids is 1. The van der Waals surface area contributed by atoms with Crippen LogP contribution in [0.15, 0.2) is 48.5 Å². The molecule has 2 nitrogen and oxygen atoms in total. The highest BCUT2D eigenvalue weighted by atomic mass is 31.2. The van der Waals surface area contributed by atoms with Crippen LogP contribution < -0.4 is 5.30 Å². The highest BCUT2D eigenvalue weighted by Crippen LogP contribution is 2.51. The minimum atomic E-state index is -5.21. The zero-order valence-corrected chi connectivity index (χ0v) is 14.3. The molecule has 1 atom stereocenters. The molecule has 0 N–H and O–H groups in total. The lowest BCUT2D eigenvalue weighted by Gasteiger charge is -2.22. The molecule has 26 heavy (non-hydrogen) atoms. The van der Waals surface area contributed by atoms with E-state index in [4.69, 9.17) is 0 Å². The third-order valence-electron chi connectivity index (χ3n) is 3.84. The van der Waals surface area contributed by atoms with Crippen molar-refractivity contribution in [2.24, 2.45) is 0 Å². The Kier molecular flexibility index (Phi) is 5.38. The lowest BCUT2D eigenvalue weighted by Crippen LogP contribution is -2.23. The van der Waals surface area contributed by atoms with E-state index in [0.29, 0.717) is 18.2 Å². The summed E-state index contributed by atoms with van der Waals surface area (Å²) < 4.78 is 92.7. The lowest BCUT2D eigenvalue weighted by molar-refractivity contribution is -0.143. The molecule has 2 aromatic rings. The second-order valence-electron chi connectivity index (χ2n) is 5.42. The molecule has 0 aromatic heterocycles. The maximum Gasteiger partial charge on any atom is 0.417 e. The largest absolute Gasteiger partial charge is 0.417 e. The monoisotopic (exact) mass is 394 g/mol. The summed E-state index contributed by atoms with van der Waals surface area (Å²) in [7, 11) is -4.20. The third-order valence-corrected chi connectivity index (χ3v) is 6.74. The van der Waals surface area contributed by atoms with E-state index in [-0.39, 0.29) is 5.30 Å². The lowest BCUT2D eigenvalue weighted by atomic mass is 10.0. The van der Waals surface area contributed by atoms with Crippen LogP contribution in [0.4, 0.5) is 26.3 Å². The van der Waals surface area contributed by atoms with Crippen molar-refractivity contribution in [3.05, 3.63) is 65.2 Å². The van der Waals surface area contributed by atoms with Crippen molar-refractivity contribution in [3.63, 3.8) is 0 Å². The topological polar surface area (TPSA) is 34.1 Å². The van der Waals surface area contributed by atoms with Gasteiger partial charge in [-0.05, 0) is 12.1 Å². The Morgan fingerprint density at radius 1 is 0.846 bits per heavy atom. The first-order chi connectivity index (χ1) is 11.9. The van der Waals surface area contributed by atoms with Crippen molar-refractivity contribution in [3.8, 4) is 0 Å². The van der Waals surface area contributed by atoms with Gasteiger partial charge in [0.15, 0.2) is 7.14 Å². The number of rotatable bonds is 4. The normalized spacial score (nSPS) is 14.7. The van der Waals surface area contributed by atoms with Crippen molar-refractivity contribution >= 4 is 18.0 Å². The maximum atomic E-state index is 13.3. The SMILES string of the molecule is CCP(=O)(C(=O)c1c(C(F)(F)F)cccc1C(F)(F)F)c1ccccc1. The molecule has 0 saturated heterocycles. The van der Waals surface area contributed by atoms with Crippen LogP contribution in [0.25, 0.3) is 0 Å². The fourth-order valence-corrected chi connectivity index (χ4v) is 4.69. The quantitative estimate of drug-likeness (QED) is 0.502. The molecule has 1 unspecified atom stereocenters. The Bertz CT molecular complexity index is 824. The summed E-state index contributed by atoms with van der Waals surface area (Å²) in [6.07, 6.45) is -10.8. The van der Waals surface area contributed by atoms with E-state index in [2.05, 4.69) is 0 Å². The molecule has 0 aliphatic rings. The third kappa shape index (κ3) is 3.70. The van der Waals surface area contributed by atoms with Crippen LogP contribution in [0.1, 0.15) is 28.4 Å². The van der Waals surface area contributed by atoms with Crippen LogP contribution in [0.3, 0.4) is 0 Å². The van der Waals surface area contributed by atoms with Gasteiger partial charge < -0.3 is 4.57 Å². The standard InChI is InChI=1S/C17H13F6O2P/c1-2-26(25,11-7-4-3-5-8-11)15(24)14-12(16(18,19)20)9-6-10-13(14)17(21,22)23/h3-10H,2H2,1H3. The second-order valence-corrected chi connectivity index (χ2v) is 8.45. The predicted molar refractivity (Wildman–Crippen MR) is 85.0 cm³/mol. The Hall–Kier alpha value is -2.08. The number of carbonyl (C=O) groups is 1. The molecule has 0 radical (unpaired) electrons. The van der Waals surface area contributed by atoms with Crippen molar-refractivity contribution in [2.75, 3.05) is 6.16 Å². The first kappa shape index (κ1) is 20.2. The summed E-state index contributed by atoms with van der Waals surface area (Å²) in [5.74, 6) is 0. The Morgan fingerprint density at radius 2 is 1.31 bits per heavy atom. The van der Waals surface area contributed by atoms with Gasteiger partial charge in [-0.3, -0.25) is 4.79 Å². The van der Waals surface area contributed by atoms with Crippen molar-refractivity contribution in [2.45, 2.75) is 19.3 Å². The zero-order valence-electron chi connectivity index (χ0n) is 13.4. The van der Waals surface area contributed by atoms with E-state index >= 15 is 0 Å². The fourth-order valence-electron chi connectivity index (χ4n) is 2.55. The van der Waals surface area contributed by atoms with Crippen LogP contribution in [0.5, 0.6) is 0 Å². The summed E-state index contributed by atoms with van der Waals surface area (Å²) in [5, 5.41) is -0.0856. The molecule has 2 rings (SSSR count). The van der Waals surface area contributed by atoms with Gasteiger partial charge in [-0.1, -0.05) is 43.3 Å². The maximum absolute atomic E-state index is 13.3. The van der Waals surface area contributed by atoms with Crippen LogP contribution in [-0.4, -0.2) is 11.7 Å². The first-order valence-corrected chi connectivity index (χ1v) is 9.29. The van der Waals surface area contributed by atoms with Crippen molar-refractivity contribution in [1.29, 1.82) is 0 Å². The summed E-state index contributed by atoms with van der Waals surface area (Å²) >= 11 is 0. The smallest absolute Gasteiger partial charge is 0.310 e. The average molecular weight is 394 g/mol. The second kappa shape index (κ2) is 6.91. The molecule has 0 spiro atoms. The molecular formula is C17H13F6O2P. The van der Waals surface area contributed by atoms with Gasteiger partial charge in [-0.15, -0.1) is 0 Å². The fraction of sp³-hybridized carbons (Fsp3) is 0.235. The molecule has 0 bridgehead atoms. The number of hydrogen-bond donors (Lipinski definition) is 0. The van der Waals surface area contributed by atoms with Crippen molar-refractivity contribution < 1.29 is 35.7 Å². The molecule has 2 aromatic carbocycles. The summed E-state index contributed by atoms with van der Waals surface area (Å²) in [4.78, 5) is 12.8. The molecule has 9 heteroatoms. The number of alkyl halides is 6. The number of hydrogen-bond acceptors (Lipinski definition) is 2. The van der Waals surface area contributed by atoms with Crippen LogP contribution in [0, 0.1) is 0 Å². The van der Waals surface area contributed by atoms with Gasteiger partial charge in [-0.2, -0.15) is 26.3 Å². The van der Waals surface area contributed by atoms with Crippen molar-refractivity contribution in [1.82, 2.24) is 0 Å². The van der Waals surface area contributed by atoms with Gasteiger partial charge in [0.1, 0.15) is 0 Å². The molecule has 0 saturated carbocycles. The minimum absolute atomic E-state index is 0.0856. The van der Waals surface area contributed by atoms with Crippen LogP contribution in [0.2, 0.25) is 0 Å². The number of halogens is 6. The highest BCUT2D eigenvalue weighted by Gasteiger charge is 2.46. The Labute approximate surface area is 145 Å². The summed E-state index contributed by atoms with van der Waals surface area (Å²) in [6, 6.07) is 8.19. The molecule has 0 aliphatic heterocycles.